The van der Waals surface area contributed by atoms with Crippen LogP contribution >= 0.6 is 27.5 Å². The minimum atomic E-state index is -0.548. The molecule has 0 bridgehead atoms. The number of nitrogens with two attached hydrogens (primary N) is 1. The van der Waals surface area contributed by atoms with E-state index in [1.54, 1.807) is 12.1 Å². The summed E-state index contributed by atoms with van der Waals surface area (Å²) in [5.74, 6) is -0.548. The Morgan fingerprint density at radius 2 is 2.21 bits per heavy atom. The van der Waals surface area contributed by atoms with Gasteiger partial charge in [0.2, 0.25) is 0 Å². The van der Waals surface area contributed by atoms with Crippen LogP contribution in [0.3, 0.4) is 0 Å². The highest BCUT2D eigenvalue weighted by Gasteiger charge is 2.06. The second-order valence-corrected chi connectivity index (χ2v) is 3.92. The van der Waals surface area contributed by atoms with Gasteiger partial charge in [-0.2, -0.15) is 0 Å². The largest absolute Gasteiger partial charge is 0.396 e. The van der Waals surface area contributed by atoms with E-state index < -0.39 is 5.82 Å². The van der Waals surface area contributed by atoms with Gasteiger partial charge in [-0.1, -0.05) is 45.7 Å². The number of benzene rings is 1. The zero-order chi connectivity index (χ0) is 10.6. The van der Waals surface area contributed by atoms with Crippen LogP contribution in [0.4, 0.5) is 10.1 Å². The normalized spacial score (nSPS) is 11.1. The van der Waals surface area contributed by atoms with E-state index >= 15 is 0 Å². The molecule has 0 aliphatic heterocycles. The molecule has 0 amide bonds. The Bertz CT molecular complexity index is 352. The number of halogens is 3. The van der Waals surface area contributed by atoms with Gasteiger partial charge in [0.05, 0.1) is 10.7 Å². The Kier molecular flexibility index (Phi) is 4.42. The molecule has 0 unspecified atom stereocenters. The van der Waals surface area contributed by atoms with E-state index in [9.17, 15) is 4.39 Å². The first kappa shape index (κ1) is 11.5. The van der Waals surface area contributed by atoms with Crippen molar-refractivity contribution in [2.75, 3.05) is 11.1 Å². The van der Waals surface area contributed by atoms with Gasteiger partial charge in [-0.15, -0.1) is 0 Å². The lowest BCUT2D eigenvalue weighted by atomic mass is 10.1. The van der Waals surface area contributed by atoms with Crippen LogP contribution in [0.5, 0.6) is 0 Å². The summed E-state index contributed by atoms with van der Waals surface area (Å²) >= 11 is 9.05. The predicted octanol–water partition coefficient (Wildman–Crippen LogP) is 3.86. The molecule has 0 radical (unpaired) electrons. The third-order valence-corrected chi connectivity index (χ3v) is 2.56. The molecule has 0 aromatic heterocycles. The smallest absolute Gasteiger partial charge is 0.165 e. The van der Waals surface area contributed by atoms with Crippen LogP contribution in [0.25, 0.3) is 6.08 Å². The van der Waals surface area contributed by atoms with E-state index in [0.29, 0.717) is 5.56 Å². The summed E-state index contributed by atoms with van der Waals surface area (Å²) in [4.78, 5) is 0. The maximum Gasteiger partial charge on any atom is 0.165 e. The van der Waals surface area contributed by atoms with Gasteiger partial charge in [0, 0.05) is 5.33 Å². The van der Waals surface area contributed by atoms with Gasteiger partial charge >= 0.3 is 0 Å². The van der Waals surface area contributed by atoms with E-state index in [-0.39, 0.29) is 10.7 Å². The Balaban J connectivity index is 2.94. The number of hydrogen-bond acceptors (Lipinski definition) is 1. The van der Waals surface area contributed by atoms with Gasteiger partial charge in [-0.05, 0) is 18.1 Å². The first-order valence-electron chi connectivity index (χ1n) is 4.12. The summed E-state index contributed by atoms with van der Waals surface area (Å²) in [6.45, 7) is 0. The van der Waals surface area contributed by atoms with Crippen LogP contribution in [-0.2, 0) is 0 Å². The first-order valence-corrected chi connectivity index (χ1v) is 5.62. The molecule has 0 heterocycles. The van der Waals surface area contributed by atoms with E-state index in [1.807, 2.05) is 6.08 Å². The summed E-state index contributed by atoms with van der Waals surface area (Å²) in [5.41, 5.74) is 6.08. The van der Waals surface area contributed by atoms with Gasteiger partial charge in [-0.3, -0.25) is 0 Å². The van der Waals surface area contributed by atoms with E-state index in [1.165, 1.54) is 6.07 Å². The number of nitrogen functional groups attached to an aromatic ring is 1. The van der Waals surface area contributed by atoms with Crippen LogP contribution < -0.4 is 5.73 Å². The van der Waals surface area contributed by atoms with Gasteiger partial charge < -0.3 is 5.73 Å². The molecule has 2 N–H and O–H groups in total. The highest BCUT2D eigenvalue weighted by Crippen LogP contribution is 2.25. The van der Waals surface area contributed by atoms with Crippen molar-refractivity contribution in [2.24, 2.45) is 0 Å². The average Bonchev–Trinajstić information content (AvgIpc) is 2.18. The van der Waals surface area contributed by atoms with Crippen molar-refractivity contribution in [2.45, 2.75) is 6.42 Å². The molecule has 14 heavy (non-hydrogen) atoms. The fraction of sp³-hybridized carbons (Fsp3) is 0.200. The molecule has 0 fully saturated rings. The van der Waals surface area contributed by atoms with Gasteiger partial charge in [-0.25, -0.2) is 4.39 Å². The van der Waals surface area contributed by atoms with Crippen LogP contribution in [0.15, 0.2) is 18.2 Å². The summed E-state index contributed by atoms with van der Waals surface area (Å²) in [5, 5.41) is 0.953. The standard InChI is InChI=1S/C10H10BrClFN/c11-6-2-1-3-7-4-5-8(14)10(13)9(7)12/h1,3-5H,2,6,14H2. The molecular weight excluding hydrogens is 268 g/mol. The molecule has 0 spiro atoms. The topological polar surface area (TPSA) is 26.0 Å². The molecular formula is C10H10BrClFN. The predicted molar refractivity (Wildman–Crippen MR) is 63.3 cm³/mol. The molecule has 1 nitrogen and oxygen atoms in total. The summed E-state index contributed by atoms with van der Waals surface area (Å²) < 4.78 is 13.2. The molecule has 1 aromatic carbocycles. The average molecular weight is 279 g/mol. The summed E-state index contributed by atoms with van der Waals surface area (Å²) in [6, 6.07) is 3.21. The van der Waals surface area contributed by atoms with Crippen molar-refractivity contribution in [1.29, 1.82) is 0 Å². The molecule has 4 heteroatoms. The van der Waals surface area contributed by atoms with Crippen LogP contribution in [0.1, 0.15) is 12.0 Å². The van der Waals surface area contributed by atoms with Gasteiger partial charge in [0.25, 0.3) is 0 Å². The minimum Gasteiger partial charge on any atom is -0.396 e. The third kappa shape index (κ3) is 2.72. The molecule has 0 aliphatic carbocycles. The van der Waals surface area contributed by atoms with Crippen LogP contribution in [0.2, 0.25) is 5.02 Å². The van der Waals surface area contributed by atoms with Crippen LogP contribution in [0, 0.1) is 5.82 Å². The number of anilines is 1. The lowest BCUT2D eigenvalue weighted by Gasteiger charge is -2.02. The Labute approximate surface area is 95.9 Å². The third-order valence-electron chi connectivity index (χ3n) is 1.72. The zero-order valence-electron chi connectivity index (χ0n) is 7.43. The highest BCUT2D eigenvalue weighted by atomic mass is 79.9. The molecule has 76 valence electrons. The number of rotatable bonds is 3. The second-order valence-electron chi connectivity index (χ2n) is 2.75. The van der Waals surface area contributed by atoms with Crippen LogP contribution in [-0.4, -0.2) is 5.33 Å². The molecule has 0 atom stereocenters. The van der Waals surface area contributed by atoms with E-state index in [4.69, 9.17) is 17.3 Å². The SMILES string of the molecule is Nc1ccc(C=CCCBr)c(Cl)c1F. The van der Waals surface area contributed by atoms with Crippen molar-refractivity contribution in [1.82, 2.24) is 0 Å². The lowest BCUT2D eigenvalue weighted by molar-refractivity contribution is 0.632. The van der Waals surface area contributed by atoms with Gasteiger partial charge in [0.1, 0.15) is 0 Å². The maximum absolute atomic E-state index is 13.2. The highest BCUT2D eigenvalue weighted by molar-refractivity contribution is 9.09. The number of alkyl halides is 1. The summed E-state index contributed by atoms with van der Waals surface area (Å²) in [6.07, 6.45) is 4.58. The monoisotopic (exact) mass is 277 g/mol. The summed E-state index contributed by atoms with van der Waals surface area (Å²) in [7, 11) is 0. The first-order chi connectivity index (χ1) is 6.66. The molecule has 0 aliphatic rings. The van der Waals surface area contributed by atoms with Crippen molar-refractivity contribution >= 4 is 39.3 Å². The van der Waals surface area contributed by atoms with Crippen molar-refractivity contribution in [3.8, 4) is 0 Å². The number of hydrogen-bond donors (Lipinski definition) is 1. The van der Waals surface area contributed by atoms with Crippen molar-refractivity contribution in [3.05, 3.63) is 34.6 Å². The quantitative estimate of drug-likeness (QED) is 0.659. The maximum atomic E-state index is 13.2. The molecule has 0 saturated heterocycles. The second kappa shape index (κ2) is 5.37. The zero-order valence-corrected chi connectivity index (χ0v) is 9.78. The Morgan fingerprint density at radius 1 is 1.50 bits per heavy atom. The Morgan fingerprint density at radius 3 is 2.86 bits per heavy atom. The Hall–Kier alpha value is -0.540. The van der Waals surface area contributed by atoms with E-state index in [0.717, 1.165) is 11.8 Å². The molecule has 0 saturated carbocycles. The fourth-order valence-electron chi connectivity index (χ4n) is 0.981. The molecule has 1 aromatic rings. The fourth-order valence-corrected chi connectivity index (χ4v) is 1.48. The molecule has 1 rings (SSSR count). The minimum absolute atomic E-state index is 0.0765. The van der Waals surface area contributed by atoms with E-state index in [2.05, 4.69) is 15.9 Å². The lowest BCUT2D eigenvalue weighted by Crippen LogP contribution is -1.92. The van der Waals surface area contributed by atoms with Crippen molar-refractivity contribution in [3.63, 3.8) is 0 Å². The number of allylic oxidation sites excluding steroid dienone is 1. The van der Waals surface area contributed by atoms with Crippen molar-refractivity contribution < 1.29 is 4.39 Å². The van der Waals surface area contributed by atoms with Gasteiger partial charge in [0.15, 0.2) is 5.82 Å².